The van der Waals surface area contributed by atoms with Crippen LogP contribution in [0.1, 0.15) is 18.5 Å². The zero-order valence-electron chi connectivity index (χ0n) is 10.8. The summed E-state index contributed by atoms with van der Waals surface area (Å²) in [6.45, 7) is 3.46. The Balaban J connectivity index is 1.82. The van der Waals surface area contributed by atoms with Gasteiger partial charge in [-0.2, -0.15) is 0 Å². The molecule has 2 aromatic rings. The molecule has 1 N–H and O–H groups in total. The molecule has 1 aromatic carbocycles. The Labute approximate surface area is 112 Å². The second-order valence-electron chi connectivity index (χ2n) is 4.51. The van der Waals surface area contributed by atoms with Gasteiger partial charge in [-0.15, -0.1) is 0 Å². The summed E-state index contributed by atoms with van der Waals surface area (Å²) in [6, 6.07) is 9.77. The third kappa shape index (κ3) is 2.44. The molecule has 2 heterocycles. The fourth-order valence-electron chi connectivity index (χ4n) is 2.34. The molecule has 3 rings (SSSR count). The number of para-hydroxylation sites is 2. The number of benzene rings is 1. The molecule has 0 saturated heterocycles. The molecule has 2 unspecified atom stereocenters. The number of hydrogen-bond donors (Lipinski definition) is 1. The van der Waals surface area contributed by atoms with Crippen molar-refractivity contribution in [3.8, 4) is 11.5 Å². The molecular weight excluding hydrogens is 242 g/mol. The van der Waals surface area contributed by atoms with Gasteiger partial charge in [-0.3, -0.25) is 0 Å². The maximum Gasteiger partial charge on any atom is 0.161 e. The highest BCUT2D eigenvalue weighted by Crippen LogP contribution is 2.34. The summed E-state index contributed by atoms with van der Waals surface area (Å²) in [5.74, 6) is 1.60. The number of furan rings is 1. The van der Waals surface area contributed by atoms with Crippen molar-refractivity contribution in [2.75, 3.05) is 13.2 Å². The van der Waals surface area contributed by atoms with Gasteiger partial charge in [0.15, 0.2) is 17.6 Å². The van der Waals surface area contributed by atoms with E-state index in [0.717, 1.165) is 23.6 Å². The van der Waals surface area contributed by atoms with Crippen molar-refractivity contribution >= 4 is 0 Å². The Hall–Kier alpha value is -1.94. The summed E-state index contributed by atoms with van der Waals surface area (Å²) in [5, 5.41) is 3.42. The summed E-state index contributed by atoms with van der Waals surface area (Å²) in [4.78, 5) is 0. The van der Waals surface area contributed by atoms with E-state index in [-0.39, 0.29) is 12.1 Å². The molecule has 0 bridgehead atoms. The van der Waals surface area contributed by atoms with E-state index in [9.17, 15) is 0 Å². The smallest absolute Gasteiger partial charge is 0.161 e. The van der Waals surface area contributed by atoms with E-state index in [0.29, 0.717) is 6.61 Å². The van der Waals surface area contributed by atoms with Crippen LogP contribution in [0.5, 0.6) is 11.5 Å². The molecule has 0 saturated carbocycles. The predicted molar refractivity (Wildman–Crippen MR) is 71.5 cm³/mol. The van der Waals surface area contributed by atoms with Gasteiger partial charge in [-0.05, 0) is 24.7 Å². The first-order valence-electron chi connectivity index (χ1n) is 6.52. The van der Waals surface area contributed by atoms with E-state index in [4.69, 9.17) is 13.9 Å². The summed E-state index contributed by atoms with van der Waals surface area (Å²) < 4.78 is 17.0. The molecule has 100 valence electrons. The largest absolute Gasteiger partial charge is 0.486 e. The number of fused-ring (bicyclic) bond motifs is 1. The molecule has 0 amide bonds. The highest BCUT2D eigenvalue weighted by atomic mass is 16.6. The first-order valence-corrected chi connectivity index (χ1v) is 6.52. The molecule has 19 heavy (non-hydrogen) atoms. The first kappa shape index (κ1) is 12.1. The van der Waals surface area contributed by atoms with Crippen molar-refractivity contribution < 1.29 is 13.9 Å². The summed E-state index contributed by atoms with van der Waals surface area (Å²) >= 11 is 0. The lowest BCUT2D eigenvalue weighted by molar-refractivity contribution is 0.0620. The minimum absolute atomic E-state index is 0.0625. The van der Waals surface area contributed by atoms with Gasteiger partial charge in [0.25, 0.3) is 0 Å². The van der Waals surface area contributed by atoms with Gasteiger partial charge in [-0.1, -0.05) is 19.1 Å². The molecule has 1 aliphatic heterocycles. The van der Waals surface area contributed by atoms with Crippen LogP contribution in [0.25, 0.3) is 0 Å². The van der Waals surface area contributed by atoms with Crippen molar-refractivity contribution in [2.45, 2.75) is 19.1 Å². The van der Waals surface area contributed by atoms with Gasteiger partial charge in [-0.25, -0.2) is 0 Å². The van der Waals surface area contributed by atoms with Crippen LogP contribution in [0, 0.1) is 0 Å². The Morgan fingerprint density at radius 1 is 1.26 bits per heavy atom. The molecule has 0 aliphatic carbocycles. The maximum absolute atomic E-state index is 6.04. The van der Waals surface area contributed by atoms with Crippen molar-refractivity contribution in [2.24, 2.45) is 0 Å². The highest BCUT2D eigenvalue weighted by molar-refractivity contribution is 5.41. The van der Waals surface area contributed by atoms with Crippen LogP contribution in [0.3, 0.4) is 0 Å². The molecular formula is C15H17NO3. The summed E-state index contributed by atoms with van der Waals surface area (Å²) in [7, 11) is 0. The van der Waals surface area contributed by atoms with E-state index in [1.807, 2.05) is 30.3 Å². The van der Waals surface area contributed by atoms with E-state index in [1.165, 1.54) is 0 Å². The third-order valence-corrected chi connectivity index (χ3v) is 3.23. The van der Waals surface area contributed by atoms with Crippen molar-refractivity contribution in [3.05, 3.63) is 48.4 Å². The number of likely N-dealkylation sites (N-methyl/N-ethyl adjacent to an activating group) is 1. The number of hydrogen-bond acceptors (Lipinski definition) is 4. The zero-order chi connectivity index (χ0) is 13.1. The van der Waals surface area contributed by atoms with Crippen LogP contribution in [0.4, 0.5) is 0 Å². The molecule has 0 fully saturated rings. The number of ether oxygens (including phenoxy) is 2. The quantitative estimate of drug-likeness (QED) is 0.917. The van der Waals surface area contributed by atoms with Gasteiger partial charge < -0.3 is 19.2 Å². The number of nitrogens with one attached hydrogen (secondary N) is 1. The van der Waals surface area contributed by atoms with E-state index >= 15 is 0 Å². The second-order valence-corrected chi connectivity index (χ2v) is 4.51. The fraction of sp³-hybridized carbons (Fsp3) is 0.333. The Kier molecular flexibility index (Phi) is 3.42. The Bertz CT molecular complexity index is 524. The van der Waals surface area contributed by atoms with Crippen molar-refractivity contribution in [1.82, 2.24) is 5.32 Å². The van der Waals surface area contributed by atoms with Crippen LogP contribution in [-0.4, -0.2) is 19.3 Å². The minimum atomic E-state index is -0.0625. The normalized spacial score (nSPS) is 19.1. The topological polar surface area (TPSA) is 43.6 Å². The molecule has 1 aromatic heterocycles. The lowest BCUT2D eigenvalue weighted by Gasteiger charge is -2.32. The molecule has 4 nitrogen and oxygen atoms in total. The highest BCUT2D eigenvalue weighted by Gasteiger charge is 2.30. The maximum atomic E-state index is 6.04. The molecule has 1 aliphatic rings. The summed E-state index contributed by atoms with van der Waals surface area (Å²) in [6.07, 6.45) is 3.36. The Morgan fingerprint density at radius 3 is 2.84 bits per heavy atom. The van der Waals surface area contributed by atoms with Crippen molar-refractivity contribution in [1.29, 1.82) is 0 Å². The van der Waals surface area contributed by atoms with Gasteiger partial charge in [0.2, 0.25) is 0 Å². The van der Waals surface area contributed by atoms with Gasteiger partial charge >= 0.3 is 0 Å². The standard InChI is InChI=1S/C15H17NO3/c1-2-16-15(11-7-8-17-9-11)14-10-18-12-5-3-4-6-13(12)19-14/h3-9,14-16H,2,10H2,1H3. The van der Waals surface area contributed by atoms with Gasteiger partial charge in [0.1, 0.15) is 6.61 Å². The predicted octanol–water partition coefficient (Wildman–Crippen LogP) is 2.77. The van der Waals surface area contributed by atoms with Crippen molar-refractivity contribution in [3.63, 3.8) is 0 Å². The Morgan fingerprint density at radius 2 is 2.11 bits per heavy atom. The van der Waals surface area contributed by atoms with Crippen LogP contribution >= 0.6 is 0 Å². The van der Waals surface area contributed by atoms with Crippen LogP contribution < -0.4 is 14.8 Å². The monoisotopic (exact) mass is 259 g/mol. The lowest BCUT2D eigenvalue weighted by atomic mass is 10.0. The van der Waals surface area contributed by atoms with Crippen LogP contribution in [0.2, 0.25) is 0 Å². The van der Waals surface area contributed by atoms with E-state index < -0.39 is 0 Å². The van der Waals surface area contributed by atoms with Gasteiger partial charge in [0, 0.05) is 5.56 Å². The molecule has 0 radical (unpaired) electrons. The van der Waals surface area contributed by atoms with Crippen LogP contribution in [0.15, 0.2) is 47.3 Å². The average Bonchev–Trinajstić information content (AvgIpc) is 2.98. The van der Waals surface area contributed by atoms with Gasteiger partial charge in [0.05, 0.1) is 18.6 Å². The second kappa shape index (κ2) is 5.36. The summed E-state index contributed by atoms with van der Waals surface area (Å²) in [5.41, 5.74) is 1.08. The fourth-order valence-corrected chi connectivity index (χ4v) is 2.34. The molecule has 0 spiro atoms. The average molecular weight is 259 g/mol. The molecule has 2 atom stereocenters. The number of rotatable bonds is 4. The molecule has 4 heteroatoms. The minimum Gasteiger partial charge on any atom is -0.486 e. The zero-order valence-corrected chi connectivity index (χ0v) is 10.8. The SMILES string of the molecule is CCNC(c1ccoc1)C1COc2ccccc2O1. The van der Waals surface area contributed by atoms with E-state index in [1.54, 1.807) is 12.5 Å². The van der Waals surface area contributed by atoms with Crippen LogP contribution in [-0.2, 0) is 0 Å². The lowest BCUT2D eigenvalue weighted by Crippen LogP contribution is -2.41. The van der Waals surface area contributed by atoms with E-state index in [2.05, 4.69) is 12.2 Å². The first-order chi connectivity index (χ1) is 9.38. The third-order valence-electron chi connectivity index (χ3n) is 3.23.